The van der Waals surface area contributed by atoms with Crippen molar-refractivity contribution in [1.82, 2.24) is 5.32 Å². The van der Waals surface area contributed by atoms with E-state index in [1.54, 1.807) is 11.8 Å². The van der Waals surface area contributed by atoms with Crippen molar-refractivity contribution in [2.75, 3.05) is 18.0 Å². The minimum absolute atomic E-state index is 0.681. The number of nitrogen functional groups attached to an aromatic ring is 1. The molecule has 1 aliphatic heterocycles. The third kappa shape index (κ3) is 3.80. The molecule has 1 aromatic carbocycles. The van der Waals surface area contributed by atoms with Crippen LogP contribution in [-0.2, 0) is 0 Å². The first-order valence-electron chi connectivity index (χ1n) is 6.17. The van der Waals surface area contributed by atoms with E-state index in [0.29, 0.717) is 6.04 Å². The Labute approximate surface area is 112 Å². The fourth-order valence-corrected chi connectivity index (χ4v) is 3.54. The molecule has 1 saturated heterocycles. The molecule has 4 heteroatoms. The molecule has 1 unspecified atom stereocenters. The average Bonchev–Trinajstić information content (AvgIpc) is 2.34. The first-order valence-corrected chi connectivity index (χ1v) is 7.54. The van der Waals surface area contributed by atoms with Crippen LogP contribution in [0.25, 0.3) is 0 Å². The highest BCUT2D eigenvalue weighted by atomic mass is 35.5. The van der Waals surface area contributed by atoms with Gasteiger partial charge in [0, 0.05) is 16.6 Å². The van der Waals surface area contributed by atoms with Gasteiger partial charge in [0.2, 0.25) is 0 Å². The normalized spacial score (nSPS) is 20.4. The fraction of sp³-hybridized carbons (Fsp3) is 0.538. The van der Waals surface area contributed by atoms with Crippen molar-refractivity contribution in [3.8, 4) is 0 Å². The van der Waals surface area contributed by atoms with E-state index in [2.05, 4.69) is 5.32 Å². The molecule has 0 amide bonds. The molecule has 0 bridgehead atoms. The number of hydrogen-bond donors (Lipinski definition) is 2. The maximum Gasteiger partial charge on any atom is 0.0562 e. The number of hydrogen-bond acceptors (Lipinski definition) is 3. The standard InChI is InChI=1S/C13H19ClN2S/c14-11-5-3-6-12(15)13(11)17-9-7-10-4-1-2-8-16-10/h3,5-6,10,16H,1-2,4,7-9,15H2. The second kappa shape index (κ2) is 6.53. The molecule has 2 nitrogen and oxygen atoms in total. The maximum atomic E-state index is 6.13. The molecule has 0 spiro atoms. The van der Waals surface area contributed by atoms with Gasteiger partial charge in [0.1, 0.15) is 0 Å². The fourth-order valence-electron chi connectivity index (χ4n) is 2.15. The molecule has 94 valence electrons. The number of nitrogens with one attached hydrogen (secondary N) is 1. The molecule has 2 rings (SSSR count). The lowest BCUT2D eigenvalue weighted by Gasteiger charge is -2.23. The van der Waals surface area contributed by atoms with Crippen LogP contribution in [-0.4, -0.2) is 18.3 Å². The predicted octanol–water partition coefficient (Wildman–Crippen LogP) is 3.55. The molecule has 17 heavy (non-hydrogen) atoms. The molecule has 1 heterocycles. The van der Waals surface area contributed by atoms with Crippen LogP contribution in [0.3, 0.4) is 0 Å². The van der Waals surface area contributed by atoms with Gasteiger partial charge in [-0.05, 0) is 43.7 Å². The van der Waals surface area contributed by atoms with Crippen molar-refractivity contribution in [2.24, 2.45) is 0 Å². The molecule has 0 radical (unpaired) electrons. The summed E-state index contributed by atoms with van der Waals surface area (Å²) in [6, 6.07) is 6.39. The zero-order valence-electron chi connectivity index (χ0n) is 9.92. The Morgan fingerprint density at radius 3 is 3.00 bits per heavy atom. The second-order valence-corrected chi connectivity index (χ2v) is 5.95. The molecule has 3 N–H and O–H groups in total. The zero-order valence-corrected chi connectivity index (χ0v) is 11.5. The number of anilines is 1. The summed E-state index contributed by atoms with van der Waals surface area (Å²) >= 11 is 7.90. The molecular weight excluding hydrogens is 252 g/mol. The Bertz CT molecular complexity index is 344. The highest BCUT2D eigenvalue weighted by Crippen LogP contribution is 2.33. The lowest BCUT2D eigenvalue weighted by molar-refractivity contribution is 0.395. The van der Waals surface area contributed by atoms with Gasteiger partial charge in [0.05, 0.1) is 5.02 Å². The number of thioether (sulfide) groups is 1. The molecule has 1 fully saturated rings. The van der Waals surface area contributed by atoms with Gasteiger partial charge in [-0.1, -0.05) is 24.1 Å². The summed E-state index contributed by atoms with van der Waals surface area (Å²) in [5, 5.41) is 4.33. The third-order valence-electron chi connectivity index (χ3n) is 3.12. The third-order valence-corrected chi connectivity index (χ3v) is 4.73. The van der Waals surface area contributed by atoms with Crippen molar-refractivity contribution in [3.05, 3.63) is 23.2 Å². The average molecular weight is 271 g/mol. The number of piperidine rings is 1. The van der Waals surface area contributed by atoms with Gasteiger partial charge in [-0.15, -0.1) is 11.8 Å². The van der Waals surface area contributed by atoms with Crippen LogP contribution in [0.4, 0.5) is 5.69 Å². The Balaban J connectivity index is 1.81. The van der Waals surface area contributed by atoms with Gasteiger partial charge >= 0.3 is 0 Å². The summed E-state index contributed by atoms with van der Waals surface area (Å²) in [6.07, 6.45) is 5.17. The van der Waals surface area contributed by atoms with E-state index in [1.165, 1.54) is 32.2 Å². The summed E-state index contributed by atoms with van der Waals surface area (Å²) in [7, 11) is 0. The number of halogens is 1. The van der Waals surface area contributed by atoms with Crippen LogP contribution >= 0.6 is 23.4 Å². The smallest absolute Gasteiger partial charge is 0.0562 e. The number of nitrogens with two attached hydrogens (primary N) is 1. The topological polar surface area (TPSA) is 38.0 Å². The first-order chi connectivity index (χ1) is 8.27. The van der Waals surface area contributed by atoms with E-state index in [-0.39, 0.29) is 0 Å². The van der Waals surface area contributed by atoms with Gasteiger partial charge in [-0.25, -0.2) is 0 Å². The van der Waals surface area contributed by atoms with Gasteiger partial charge in [0.25, 0.3) is 0 Å². The molecule has 0 aliphatic carbocycles. The lowest BCUT2D eigenvalue weighted by atomic mass is 10.0. The van der Waals surface area contributed by atoms with Gasteiger partial charge in [-0.3, -0.25) is 0 Å². The SMILES string of the molecule is Nc1cccc(Cl)c1SCCC1CCCCN1. The Hall–Kier alpha value is -0.380. The van der Waals surface area contributed by atoms with Crippen molar-refractivity contribution in [2.45, 2.75) is 36.6 Å². The van der Waals surface area contributed by atoms with Crippen molar-refractivity contribution < 1.29 is 0 Å². The van der Waals surface area contributed by atoms with Crippen LogP contribution in [0, 0.1) is 0 Å². The Morgan fingerprint density at radius 1 is 1.41 bits per heavy atom. The van der Waals surface area contributed by atoms with Crippen LogP contribution in [0.1, 0.15) is 25.7 Å². The van der Waals surface area contributed by atoms with E-state index in [1.807, 2.05) is 18.2 Å². The molecule has 1 aliphatic rings. The first kappa shape index (κ1) is 13.1. The Morgan fingerprint density at radius 2 is 2.29 bits per heavy atom. The summed E-state index contributed by atoms with van der Waals surface area (Å²) in [5.74, 6) is 1.08. The van der Waals surface area contributed by atoms with E-state index in [9.17, 15) is 0 Å². The van der Waals surface area contributed by atoms with Gasteiger partial charge in [0.15, 0.2) is 0 Å². The Kier molecular flexibility index (Phi) is 5.01. The summed E-state index contributed by atoms with van der Waals surface area (Å²) in [4.78, 5) is 1.03. The summed E-state index contributed by atoms with van der Waals surface area (Å²) in [6.45, 7) is 1.17. The highest BCUT2D eigenvalue weighted by molar-refractivity contribution is 7.99. The lowest BCUT2D eigenvalue weighted by Crippen LogP contribution is -2.34. The van der Waals surface area contributed by atoms with Crippen LogP contribution in [0.2, 0.25) is 5.02 Å². The second-order valence-electron chi connectivity index (χ2n) is 4.44. The largest absolute Gasteiger partial charge is 0.398 e. The minimum atomic E-state index is 0.681. The van der Waals surface area contributed by atoms with Crippen LogP contribution in [0.15, 0.2) is 23.1 Å². The van der Waals surface area contributed by atoms with Crippen molar-refractivity contribution in [3.63, 3.8) is 0 Å². The van der Waals surface area contributed by atoms with Crippen molar-refractivity contribution >= 4 is 29.1 Å². The zero-order chi connectivity index (χ0) is 12.1. The van der Waals surface area contributed by atoms with Gasteiger partial charge in [-0.2, -0.15) is 0 Å². The molecule has 1 aromatic rings. The predicted molar refractivity (Wildman–Crippen MR) is 76.8 cm³/mol. The van der Waals surface area contributed by atoms with Crippen LogP contribution < -0.4 is 11.1 Å². The number of benzene rings is 1. The van der Waals surface area contributed by atoms with Crippen molar-refractivity contribution in [1.29, 1.82) is 0 Å². The summed E-state index contributed by atoms with van der Waals surface area (Å²) < 4.78 is 0. The summed E-state index contributed by atoms with van der Waals surface area (Å²) in [5.41, 5.74) is 6.71. The van der Waals surface area contributed by atoms with E-state index in [4.69, 9.17) is 17.3 Å². The molecular formula is C13H19ClN2S. The molecule has 0 saturated carbocycles. The van der Waals surface area contributed by atoms with Gasteiger partial charge < -0.3 is 11.1 Å². The van der Waals surface area contributed by atoms with E-state index in [0.717, 1.165) is 21.4 Å². The highest BCUT2D eigenvalue weighted by Gasteiger charge is 2.12. The van der Waals surface area contributed by atoms with E-state index < -0.39 is 0 Å². The molecule has 0 aromatic heterocycles. The van der Waals surface area contributed by atoms with E-state index >= 15 is 0 Å². The molecule has 1 atom stereocenters. The number of rotatable bonds is 4. The monoisotopic (exact) mass is 270 g/mol. The van der Waals surface area contributed by atoms with Crippen LogP contribution in [0.5, 0.6) is 0 Å². The quantitative estimate of drug-likeness (QED) is 0.649. The minimum Gasteiger partial charge on any atom is -0.398 e. The maximum absolute atomic E-state index is 6.13.